The average molecular weight is 292 g/mol. The summed E-state index contributed by atoms with van der Waals surface area (Å²) in [6.45, 7) is 4.33. The van der Waals surface area contributed by atoms with Gasteiger partial charge in [-0.3, -0.25) is 0 Å². The number of amides is 2. The van der Waals surface area contributed by atoms with Crippen LogP contribution in [0.15, 0.2) is 36.9 Å². The number of aliphatic hydroxyl groups excluding tert-OH is 1. The molecule has 0 radical (unpaired) electrons. The molecule has 0 saturated heterocycles. The van der Waals surface area contributed by atoms with Gasteiger partial charge in [-0.1, -0.05) is 24.3 Å². The number of aliphatic hydroxyl groups is 1. The Morgan fingerprint density at radius 2 is 2.05 bits per heavy atom. The lowest BCUT2D eigenvalue weighted by Gasteiger charge is -2.20. The number of benzene rings is 1. The summed E-state index contributed by atoms with van der Waals surface area (Å²) >= 11 is 0. The third kappa shape index (κ3) is 5.27. The van der Waals surface area contributed by atoms with Gasteiger partial charge in [0.2, 0.25) is 0 Å². The van der Waals surface area contributed by atoms with Crippen molar-refractivity contribution >= 4 is 12.0 Å². The molecule has 0 unspecified atom stereocenters. The molecular formula is C15H20N2O4. The number of carbonyl (C=O) groups excluding carboxylic acids is 1. The Balaban J connectivity index is 2.54. The molecule has 0 aliphatic rings. The van der Waals surface area contributed by atoms with E-state index in [-0.39, 0.29) is 24.7 Å². The average Bonchev–Trinajstić information content (AvgIpc) is 2.47. The van der Waals surface area contributed by atoms with E-state index in [9.17, 15) is 9.59 Å². The van der Waals surface area contributed by atoms with E-state index in [1.807, 2.05) is 0 Å². The van der Waals surface area contributed by atoms with Gasteiger partial charge >= 0.3 is 12.0 Å². The summed E-state index contributed by atoms with van der Waals surface area (Å²) in [7, 11) is 0. The van der Waals surface area contributed by atoms with Crippen LogP contribution < -0.4 is 5.32 Å². The molecule has 3 N–H and O–H groups in total. The summed E-state index contributed by atoms with van der Waals surface area (Å²) in [6.07, 6.45) is 2.00. The van der Waals surface area contributed by atoms with E-state index < -0.39 is 5.97 Å². The number of carboxylic acids is 1. The predicted octanol–water partition coefficient (Wildman–Crippen LogP) is 1.12. The molecule has 0 atom stereocenters. The number of hydrogen-bond donors (Lipinski definition) is 3. The van der Waals surface area contributed by atoms with Crippen LogP contribution in [-0.2, 0) is 6.42 Å². The largest absolute Gasteiger partial charge is 0.478 e. The highest BCUT2D eigenvalue weighted by Crippen LogP contribution is 2.09. The summed E-state index contributed by atoms with van der Waals surface area (Å²) in [5, 5.41) is 20.7. The second-order valence-corrected chi connectivity index (χ2v) is 4.40. The lowest BCUT2D eigenvalue weighted by molar-refractivity contribution is 0.0695. The van der Waals surface area contributed by atoms with E-state index in [0.717, 1.165) is 0 Å². The van der Waals surface area contributed by atoms with E-state index in [4.69, 9.17) is 10.2 Å². The fourth-order valence-electron chi connectivity index (χ4n) is 1.92. The Labute approximate surface area is 123 Å². The van der Waals surface area contributed by atoms with E-state index in [2.05, 4.69) is 11.9 Å². The number of nitrogens with zero attached hydrogens (tertiary/aromatic N) is 1. The van der Waals surface area contributed by atoms with Crippen molar-refractivity contribution in [1.82, 2.24) is 10.2 Å². The summed E-state index contributed by atoms with van der Waals surface area (Å²) in [5.74, 6) is -0.981. The van der Waals surface area contributed by atoms with Crippen LogP contribution in [0.25, 0.3) is 0 Å². The van der Waals surface area contributed by atoms with Crippen molar-refractivity contribution in [2.24, 2.45) is 0 Å². The first-order chi connectivity index (χ1) is 10.1. The summed E-state index contributed by atoms with van der Waals surface area (Å²) in [5.41, 5.74) is 0.910. The normalized spacial score (nSPS) is 9.95. The van der Waals surface area contributed by atoms with Gasteiger partial charge in [-0.05, 0) is 18.1 Å². The smallest absolute Gasteiger partial charge is 0.335 e. The van der Waals surface area contributed by atoms with Gasteiger partial charge in [0.1, 0.15) is 0 Å². The zero-order valence-electron chi connectivity index (χ0n) is 11.8. The number of nitrogens with one attached hydrogen (secondary N) is 1. The molecule has 1 aromatic rings. The molecule has 6 heteroatoms. The second kappa shape index (κ2) is 8.76. The van der Waals surface area contributed by atoms with E-state index >= 15 is 0 Å². The van der Waals surface area contributed by atoms with Gasteiger partial charge in [-0.25, -0.2) is 9.59 Å². The topological polar surface area (TPSA) is 89.9 Å². The maximum atomic E-state index is 11.9. The first-order valence-electron chi connectivity index (χ1n) is 6.66. The lowest BCUT2D eigenvalue weighted by Crippen LogP contribution is -2.42. The first-order valence-corrected chi connectivity index (χ1v) is 6.66. The molecular weight excluding hydrogens is 272 g/mol. The molecule has 21 heavy (non-hydrogen) atoms. The van der Waals surface area contributed by atoms with E-state index in [0.29, 0.717) is 25.1 Å². The minimum atomic E-state index is -0.981. The number of carbonyl (C=O) groups is 2. The van der Waals surface area contributed by atoms with Gasteiger partial charge in [0.05, 0.1) is 12.2 Å². The highest BCUT2D eigenvalue weighted by atomic mass is 16.4. The molecule has 0 spiro atoms. The van der Waals surface area contributed by atoms with Crippen LogP contribution in [0.2, 0.25) is 0 Å². The molecule has 0 aliphatic carbocycles. The van der Waals surface area contributed by atoms with Crippen molar-refractivity contribution in [3.63, 3.8) is 0 Å². The maximum Gasteiger partial charge on any atom is 0.335 e. The van der Waals surface area contributed by atoms with Crippen molar-refractivity contribution < 1.29 is 19.8 Å². The molecule has 6 nitrogen and oxygen atoms in total. The minimum absolute atomic E-state index is 0.122. The Morgan fingerprint density at radius 1 is 1.33 bits per heavy atom. The quantitative estimate of drug-likeness (QED) is 0.626. The molecule has 0 heterocycles. The number of aromatic carboxylic acids is 1. The standard InChI is InChI=1S/C15H20N2O4/c1-2-9-17(10-11-18)15(21)16-8-7-12-5-3-4-6-13(12)14(19)20/h2-6,18H,1,7-11H2,(H,16,21)(H,19,20). The summed E-state index contributed by atoms with van der Waals surface area (Å²) < 4.78 is 0. The molecule has 1 aromatic carbocycles. The Bertz CT molecular complexity index is 502. The van der Waals surface area contributed by atoms with Crippen LogP contribution in [0, 0.1) is 0 Å². The first kappa shape index (κ1) is 16.7. The Kier molecular flexibility index (Phi) is 6.97. The molecule has 114 valence electrons. The van der Waals surface area contributed by atoms with Gasteiger partial charge in [-0.2, -0.15) is 0 Å². The van der Waals surface area contributed by atoms with Crippen LogP contribution in [0.3, 0.4) is 0 Å². The summed E-state index contributed by atoms with van der Waals surface area (Å²) in [4.78, 5) is 24.4. The molecule has 1 rings (SSSR count). The summed E-state index contributed by atoms with van der Waals surface area (Å²) in [6, 6.07) is 6.38. The van der Waals surface area contributed by atoms with Gasteiger partial charge in [0.15, 0.2) is 0 Å². The zero-order valence-corrected chi connectivity index (χ0v) is 11.8. The predicted molar refractivity (Wildman–Crippen MR) is 79.4 cm³/mol. The Morgan fingerprint density at radius 3 is 2.67 bits per heavy atom. The van der Waals surface area contributed by atoms with Gasteiger partial charge in [0, 0.05) is 19.6 Å². The second-order valence-electron chi connectivity index (χ2n) is 4.40. The molecule has 2 amide bonds. The third-order valence-electron chi connectivity index (χ3n) is 2.92. The molecule has 0 bridgehead atoms. The fourth-order valence-corrected chi connectivity index (χ4v) is 1.92. The zero-order chi connectivity index (χ0) is 15.7. The van der Waals surface area contributed by atoms with Crippen LogP contribution in [-0.4, -0.2) is 53.4 Å². The fraction of sp³-hybridized carbons (Fsp3) is 0.333. The van der Waals surface area contributed by atoms with Crippen LogP contribution in [0.1, 0.15) is 15.9 Å². The van der Waals surface area contributed by atoms with Crippen molar-refractivity contribution in [3.05, 3.63) is 48.0 Å². The minimum Gasteiger partial charge on any atom is -0.478 e. The highest BCUT2D eigenvalue weighted by molar-refractivity contribution is 5.89. The molecule has 0 aliphatic heterocycles. The van der Waals surface area contributed by atoms with Gasteiger partial charge in [0.25, 0.3) is 0 Å². The van der Waals surface area contributed by atoms with Crippen LogP contribution in [0.5, 0.6) is 0 Å². The van der Waals surface area contributed by atoms with E-state index in [1.165, 1.54) is 11.0 Å². The third-order valence-corrected chi connectivity index (χ3v) is 2.92. The van der Waals surface area contributed by atoms with Gasteiger partial charge in [-0.15, -0.1) is 6.58 Å². The van der Waals surface area contributed by atoms with Crippen molar-refractivity contribution in [2.45, 2.75) is 6.42 Å². The number of carboxylic acid groups (broad SMARTS) is 1. The maximum absolute atomic E-state index is 11.9. The SMILES string of the molecule is C=CCN(CCO)C(=O)NCCc1ccccc1C(=O)O. The van der Waals surface area contributed by atoms with Crippen LogP contribution in [0.4, 0.5) is 4.79 Å². The monoisotopic (exact) mass is 292 g/mol. The van der Waals surface area contributed by atoms with Crippen molar-refractivity contribution in [2.75, 3.05) is 26.2 Å². The number of rotatable bonds is 8. The van der Waals surface area contributed by atoms with Crippen LogP contribution >= 0.6 is 0 Å². The van der Waals surface area contributed by atoms with E-state index in [1.54, 1.807) is 24.3 Å². The Hall–Kier alpha value is -2.34. The molecule has 0 aromatic heterocycles. The van der Waals surface area contributed by atoms with Crippen molar-refractivity contribution in [3.8, 4) is 0 Å². The van der Waals surface area contributed by atoms with Gasteiger partial charge < -0.3 is 20.4 Å². The molecule has 0 saturated carbocycles. The number of urea groups is 1. The highest BCUT2D eigenvalue weighted by Gasteiger charge is 2.12. The molecule has 0 fully saturated rings. The lowest BCUT2D eigenvalue weighted by atomic mass is 10.0. The number of hydrogen-bond acceptors (Lipinski definition) is 3. The van der Waals surface area contributed by atoms with Crippen molar-refractivity contribution in [1.29, 1.82) is 0 Å².